The van der Waals surface area contributed by atoms with E-state index in [0.29, 0.717) is 0 Å². The monoisotopic (exact) mass is 359 g/mol. The summed E-state index contributed by atoms with van der Waals surface area (Å²) in [6.45, 7) is 3.78. The number of rotatable bonds is 2. The first-order valence-corrected chi connectivity index (χ1v) is 9.36. The van der Waals surface area contributed by atoms with Gasteiger partial charge in [0.1, 0.15) is 12.1 Å². The highest BCUT2D eigenvalue weighted by atomic mass is 16.1. The van der Waals surface area contributed by atoms with Crippen LogP contribution >= 0.6 is 0 Å². The van der Waals surface area contributed by atoms with Crippen LogP contribution in [0.1, 0.15) is 24.4 Å². The van der Waals surface area contributed by atoms with Crippen LogP contribution in [0.4, 0.5) is 5.82 Å². The van der Waals surface area contributed by atoms with Crippen molar-refractivity contribution in [3.8, 4) is 0 Å². The van der Waals surface area contributed by atoms with Crippen molar-refractivity contribution in [1.29, 1.82) is 0 Å². The largest absolute Gasteiger partial charge is 0.356 e. The topological polar surface area (TPSA) is 66.8 Å². The molecule has 6 heteroatoms. The number of nitrogens with zero attached hydrogens (tertiary/aromatic N) is 4. The molecule has 0 radical (unpaired) electrons. The third-order valence-electron chi connectivity index (χ3n) is 5.52. The summed E-state index contributed by atoms with van der Waals surface area (Å²) in [6.07, 6.45) is 3.47. The van der Waals surface area contributed by atoms with E-state index in [4.69, 9.17) is 0 Å². The predicted molar refractivity (Wildman–Crippen MR) is 107 cm³/mol. The number of hydrogen-bond donors (Lipinski definition) is 1. The summed E-state index contributed by atoms with van der Waals surface area (Å²) < 4.78 is 1.93. The fourth-order valence-electron chi connectivity index (χ4n) is 4.19. The molecule has 27 heavy (non-hydrogen) atoms. The van der Waals surface area contributed by atoms with Crippen molar-refractivity contribution in [2.24, 2.45) is 0 Å². The second-order valence-corrected chi connectivity index (χ2v) is 7.25. The van der Waals surface area contributed by atoms with Crippen LogP contribution in [-0.4, -0.2) is 32.6 Å². The zero-order valence-corrected chi connectivity index (χ0v) is 15.2. The average Bonchev–Trinajstić information content (AvgIpc) is 3.02. The van der Waals surface area contributed by atoms with Gasteiger partial charge in [0, 0.05) is 24.5 Å². The van der Waals surface area contributed by atoms with Crippen molar-refractivity contribution >= 4 is 27.8 Å². The highest BCUT2D eigenvalue weighted by Crippen LogP contribution is 2.30. The summed E-state index contributed by atoms with van der Waals surface area (Å²) in [5.41, 5.74) is 4.02. The van der Waals surface area contributed by atoms with Crippen LogP contribution in [0.15, 0.2) is 53.6 Å². The summed E-state index contributed by atoms with van der Waals surface area (Å²) in [6, 6.07) is 14.5. The Morgan fingerprint density at radius 2 is 1.89 bits per heavy atom. The Morgan fingerprint density at radius 1 is 1.07 bits per heavy atom. The molecule has 0 aliphatic carbocycles. The lowest BCUT2D eigenvalue weighted by atomic mass is 10.0. The quantitative estimate of drug-likeness (QED) is 0.595. The molecule has 0 amide bonds. The summed E-state index contributed by atoms with van der Waals surface area (Å²) in [5, 5.41) is 1.08. The van der Waals surface area contributed by atoms with Gasteiger partial charge in [0.25, 0.3) is 0 Å². The van der Waals surface area contributed by atoms with Crippen molar-refractivity contribution < 1.29 is 0 Å². The first-order valence-electron chi connectivity index (χ1n) is 9.36. The summed E-state index contributed by atoms with van der Waals surface area (Å²) in [5.74, 6) is 0.987. The maximum Gasteiger partial charge on any atom is 0.326 e. The van der Waals surface area contributed by atoms with Crippen molar-refractivity contribution in [1.82, 2.24) is 19.5 Å². The van der Waals surface area contributed by atoms with Crippen molar-refractivity contribution in [2.45, 2.75) is 25.8 Å². The molecule has 5 rings (SSSR count). The molecular formula is C21H21N5O. The van der Waals surface area contributed by atoms with Crippen LogP contribution in [0.5, 0.6) is 0 Å². The molecule has 1 aliphatic rings. The van der Waals surface area contributed by atoms with Gasteiger partial charge in [-0.25, -0.2) is 14.8 Å². The molecule has 1 fully saturated rings. The molecule has 0 unspecified atom stereocenters. The number of benzene rings is 2. The van der Waals surface area contributed by atoms with E-state index in [9.17, 15) is 4.79 Å². The maximum atomic E-state index is 12.5. The van der Waals surface area contributed by atoms with Crippen molar-refractivity contribution in [2.75, 3.05) is 18.0 Å². The van der Waals surface area contributed by atoms with Gasteiger partial charge in [-0.2, -0.15) is 0 Å². The van der Waals surface area contributed by atoms with Gasteiger partial charge < -0.3 is 9.88 Å². The number of fused-ring (bicyclic) bond motifs is 2. The highest BCUT2D eigenvalue weighted by molar-refractivity contribution is 5.89. The number of aromatic amines is 1. The van der Waals surface area contributed by atoms with Gasteiger partial charge in [0.05, 0.1) is 16.6 Å². The van der Waals surface area contributed by atoms with E-state index in [2.05, 4.69) is 32.0 Å². The number of H-pyrrole nitrogens is 1. The normalized spacial score (nSPS) is 15.7. The second kappa shape index (κ2) is 6.23. The minimum Gasteiger partial charge on any atom is -0.356 e. The van der Waals surface area contributed by atoms with Crippen molar-refractivity contribution in [3.63, 3.8) is 0 Å². The van der Waals surface area contributed by atoms with Crippen molar-refractivity contribution in [3.05, 3.63) is 64.8 Å². The predicted octanol–water partition coefficient (Wildman–Crippen LogP) is 3.42. The number of piperidine rings is 1. The molecule has 0 atom stereocenters. The van der Waals surface area contributed by atoms with Gasteiger partial charge in [-0.15, -0.1) is 0 Å². The Kier molecular flexibility index (Phi) is 3.70. The van der Waals surface area contributed by atoms with Gasteiger partial charge in [-0.3, -0.25) is 4.57 Å². The molecule has 6 nitrogen and oxygen atoms in total. The number of hydrogen-bond acceptors (Lipinski definition) is 4. The van der Waals surface area contributed by atoms with Crippen LogP contribution < -0.4 is 10.6 Å². The summed E-state index contributed by atoms with van der Waals surface area (Å²) >= 11 is 0. The molecule has 2 aromatic carbocycles. The molecule has 0 bridgehead atoms. The number of nitrogens with one attached hydrogen (secondary N) is 1. The fraction of sp³-hybridized carbons (Fsp3) is 0.286. The number of para-hydroxylation sites is 1. The minimum atomic E-state index is -0.0125. The third-order valence-corrected chi connectivity index (χ3v) is 5.52. The number of aryl methyl sites for hydroxylation is 1. The molecule has 4 aromatic rings. The minimum absolute atomic E-state index is 0.0125. The standard InChI is InChI=1S/C21H21N5O/c1-14-6-7-19-18(12-14)24-21(27)26(19)15-8-10-25(11-9-15)20-16-4-2-3-5-17(16)22-13-23-20/h2-7,12-13,15H,8-11H2,1H3,(H,24,27). The smallest absolute Gasteiger partial charge is 0.326 e. The molecule has 136 valence electrons. The van der Waals surface area contributed by atoms with E-state index >= 15 is 0 Å². The summed E-state index contributed by atoms with van der Waals surface area (Å²) in [4.78, 5) is 26.8. The molecule has 1 N–H and O–H groups in total. The van der Waals surface area contributed by atoms with Crippen LogP contribution in [-0.2, 0) is 0 Å². The number of anilines is 1. The van der Waals surface area contributed by atoms with Crippen LogP contribution in [0, 0.1) is 6.92 Å². The first-order chi connectivity index (χ1) is 13.2. The molecule has 1 aliphatic heterocycles. The zero-order valence-electron chi connectivity index (χ0n) is 15.2. The molecule has 2 aromatic heterocycles. The van der Waals surface area contributed by atoms with E-state index in [1.165, 1.54) is 0 Å². The maximum absolute atomic E-state index is 12.5. The molecule has 0 spiro atoms. The van der Waals surface area contributed by atoms with Gasteiger partial charge in [0.15, 0.2) is 0 Å². The highest BCUT2D eigenvalue weighted by Gasteiger charge is 2.25. The molecule has 1 saturated heterocycles. The number of imidazole rings is 1. The molecule has 0 saturated carbocycles. The van der Waals surface area contributed by atoms with E-state index < -0.39 is 0 Å². The third kappa shape index (κ3) is 2.68. The van der Waals surface area contributed by atoms with E-state index in [-0.39, 0.29) is 11.7 Å². The van der Waals surface area contributed by atoms with Gasteiger partial charge >= 0.3 is 5.69 Å². The SMILES string of the molecule is Cc1ccc2c(c1)[nH]c(=O)n2C1CCN(c2ncnc3ccccc23)CC1. The van der Waals surface area contributed by atoms with E-state index in [0.717, 1.165) is 59.2 Å². The lowest BCUT2D eigenvalue weighted by Gasteiger charge is -2.33. The lowest BCUT2D eigenvalue weighted by Crippen LogP contribution is -2.37. The average molecular weight is 359 g/mol. The molecule has 3 heterocycles. The van der Waals surface area contributed by atoms with Gasteiger partial charge in [-0.05, 0) is 49.6 Å². The van der Waals surface area contributed by atoms with E-state index in [1.54, 1.807) is 6.33 Å². The first kappa shape index (κ1) is 16.1. The Balaban J connectivity index is 1.44. The Bertz CT molecular complexity index is 1180. The number of aromatic nitrogens is 4. The van der Waals surface area contributed by atoms with E-state index in [1.807, 2.05) is 41.8 Å². The Labute approximate surface area is 156 Å². The van der Waals surface area contributed by atoms with Crippen LogP contribution in [0.2, 0.25) is 0 Å². The van der Waals surface area contributed by atoms with Gasteiger partial charge in [0.2, 0.25) is 0 Å². The lowest BCUT2D eigenvalue weighted by molar-refractivity contribution is 0.395. The summed E-state index contributed by atoms with van der Waals surface area (Å²) in [7, 11) is 0. The van der Waals surface area contributed by atoms with Crippen LogP contribution in [0.25, 0.3) is 21.9 Å². The zero-order chi connectivity index (χ0) is 18.4. The molecular weight excluding hydrogens is 338 g/mol. The Morgan fingerprint density at radius 3 is 2.74 bits per heavy atom. The van der Waals surface area contributed by atoms with Crippen LogP contribution in [0.3, 0.4) is 0 Å². The Hall–Kier alpha value is -3.15. The second-order valence-electron chi connectivity index (χ2n) is 7.25. The fourth-order valence-corrected chi connectivity index (χ4v) is 4.19. The van der Waals surface area contributed by atoms with Gasteiger partial charge in [-0.1, -0.05) is 18.2 Å².